The smallest absolute Gasteiger partial charge is 0.309 e. The summed E-state index contributed by atoms with van der Waals surface area (Å²) < 4.78 is 15.4. The first-order valence-electron chi connectivity index (χ1n) is 10.4. The molecule has 9 nitrogen and oxygen atoms in total. The van der Waals surface area contributed by atoms with Gasteiger partial charge in [0, 0.05) is 26.2 Å². The van der Waals surface area contributed by atoms with E-state index < -0.39 is 0 Å². The summed E-state index contributed by atoms with van der Waals surface area (Å²) in [4.78, 5) is 51.3. The third-order valence-corrected chi connectivity index (χ3v) is 5.39. The maximum atomic E-state index is 12.2. The Morgan fingerprint density at radius 1 is 0.690 bits per heavy atom. The van der Waals surface area contributed by atoms with E-state index in [1.807, 2.05) is 0 Å². The van der Waals surface area contributed by atoms with E-state index >= 15 is 0 Å². The molecule has 2 heterocycles. The van der Waals surface area contributed by atoms with Crippen LogP contribution in [-0.2, 0) is 33.4 Å². The number of rotatable bonds is 8. The maximum absolute atomic E-state index is 12.2. The Balaban J connectivity index is 1.62. The summed E-state index contributed by atoms with van der Waals surface area (Å²) in [6.45, 7) is 5.91. The standard InChI is InChI=1S/C20H32N2O7/c1-3-28-19(25)15-5-9-21(10-6-15)17(23)13-27-14-18(24)22-11-7-16(8-12-22)20(26)29-4-2/h15-16H,3-14H2,1-2H3. The molecule has 2 fully saturated rings. The number of carbonyl (C=O) groups is 4. The van der Waals surface area contributed by atoms with Gasteiger partial charge >= 0.3 is 11.9 Å². The molecule has 0 N–H and O–H groups in total. The van der Waals surface area contributed by atoms with E-state index in [-0.39, 0.29) is 48.8 Å². The van der Waals surface area contributed by atoms with Crippen LogP contribution in [0.2, 0.25) is 0 Å². The topological polar surface area (TPSA) is 102 Å². The van der Waals surface area contributed by atoms with Crippen LogP contribution in [0.5, 0.6) is 0 Å². The summed E-state index contributed by atoms with van der Waals surface area (Å²) in [6.07, 6.45) is 2.33. The number of amides is 2. The minimum atomic E-state index is -0.201. The van der Waals surface area contributed by atoms with Gasteiger partial charge in [-0.1, -0.05) is 0 Å². The summed E-state index contributed by atoms with van der Waals surface area (Å²) in [5, 5.41) is 0. The summed E-state index contributed by atoms with van der Waals surface area (Å²) in [7, 11) is 0. The fraction of sp³-hybridized carbons (Fsp3) is 0.800. The monoisotopic (exact) mass is 412 g/mol. The van der Waals surface area contributed by atoms with Gasteiger partial charge in [-0.3, -0.25) is 19.2 Å². The van der Waals surface area contributed by atoms with Crippen LogP contribution in [0.15, 0.2) is 0 Å². The molecule has 0 spiro atoms. The zero-order valence-corrected chi connectivity index (χ0v) is 17.4. The van der Waals surface area contributed by atoms with Gasteiger partial charge in [-0.2, -0.15) is 0 Å². The summed E-state index contributed by atoms with van der Waals surface area (Å²) >= 11 is 0. The van der Waals surface area contributed by atoms with Crippen molar-refractivity contribution in [1.82, 2.24) is 9.80 Å². The highest BCUT2D eigenvalue weighted by atomic mass is 16.5. The number of piperidine rings is 2. The van der Waals surface area contributed by atoms with Crippen LogP contribution in [0.3, 0.4) is 0 Å². The van der Waals surface area contributed by atoms with Gasteiger partial charge < -0.3 is 24.0 Å². The van der Waals surface area contributed by atoms with E-state index in [0.717, 1.165) is 0 Å². The summed E-state index contributed by atoms with van der Waals surface area (Å²) in [5.41, 5.74) is 0. The van der Waals surface area contributed by atoms with E-state index in [2.05, 4.69) is 0 Å². The Labute approximate surface area is 171 Å². The number of nitrogens with zero attached hydrogens (tertiary/aromatic N) is 2. The molecule has 0 bridgehead atoms. The largest absolute Gasteiger partial charge is 0.466 e. The molecule has 0 aromatic carbocycles. The molecule has 0 radical (unpaired) electrons. The van der Waals surface area contributed by atoms with Crippen LogP contribution >= 0.6 is 0 Å². The Bertz CT molecular complexity index is 529. The Hall–Kier alpha value is -2.16. The number of carbonyl (C=O) groups excluding carboxylic acids is 4. The van der Waals surface area contributed by atoms with Gasteiger partial charge in [-0.25, -0.2) is 0 Å². The SMILES string of the molecule is CCOC(=O)C1CCN(C(=O)COCC(=O)N2CCC(C(=O)OCC)CC2)CC1. The van der Waals surface area contributed by atoms with E-state index in [1.165, 1.54) is 0 Å². The molecule has 0 aliphatic carbocycles. The van der Waals surface area contributed by atoms with Crippen LogP contribution in [0.4, 0.5) is 0 Å². The van der Waals surface area contributed by atoms with Crippen molar-refractivity contribution in [3.05, 3.63) is 0 Å². The fourth-order valence-electron chi connectivity index (χ4n) is 3.66. The zero-order valence-electron chi connectivity index (χ0n) is 17.4. The second-order valence-electron chi connectivity index (χ2n) is 7.31. The number of hydrogen-bond donors (Lipinski definition) is 0. The number of esters is 2. The minimum absolute atomic E-state index is 0.154. The number of likely N-dealkylation sites (tertiary alicyclic amines) is 2. The molecule has 2 saturated heterocycles. The van der Waals surface area contributed by atoms with Crippen LogP contribution in [0.25, 0.3) is 0 Å². The first-order valence-corrected chi connectivity index (χ1v) is 10.4. The molecule has 2 aliphatic rings. The highest BCUT2D eigenvalue weighted by Crippen LogP contribution is 2.20. The third-order valence-electron chi connectivity index (χ3n) is 5.39. The highest BCUT2D eigenvalue weighted by molar-refractivity contribution is 5.80. The highest BCUT2D eigenvalue weighted by Gasteiger charge is 2.30. The summed E-state index contributed by atoms with van der Waals surface area (Å²) in [5.74, 6) is -1.07. The fourth-order valence-corrected chi connectivity index (χ4v) is 3.66. The molecule has 2 rings (SSSR count). The van der Waals surface area contributed by atoms with Gasteiger partial charge in [0.2, 0.25) is 11.8 Å². The first kappa shape index (κ1) is 23.1. The molecule has 2 amide bonds. The van der Waals surface area contributed by atoms with Crippen LogP contribution in [0.1, 0.15) is 39.5 Å². The molecule has 164 valence electrons. The van der Waals surface area contributed by atoms with Gasteiger partial charge in [-0.15, -0.1) is 0 Å². The molecule has 0 atom stereocenters. The minimum Gasteiger partial charge on any atom is -0.466 e. The van der Waals surface area contributed by atoms with E-state index in [9.17, 15) is 19.2 Å². The number of hydrogen-bond acceptors (Lipinski definition) is 7. The molecular formula is C20H32N2O7. The molecule has 0 aromatic heterocycles. The van der Waals surface area contributed by atoms with Gasteiger partial charge in [0.25, 0.3) is 0 Å². The van der Waals surface area contributed by atoms with Crippen molar-refractivity contribution in [2.45, 2.75) is 39.5 Å². The van der Waals surface area contributed by atoms with Gasteiger partial charge in [0.1, 0.15) is 13.2 Å². The van der Waals surface area contributed by atoms with E-state index in [4.69, 9.17) is 14.2 Å². The zero-order chi connectivity index (χ0) is 21.2. The lowest BCUT2D eigenvalue weighted by molar-refractivity contribution is -0.153. The third kappa shape index (κ3) is 6.99. The average Bonchev–Trinajstić information content (AvgIpc) is 2.74. The van der Waals surface area contributed by atoms with Crippen molar-refractivity contribution in [2.75, 3.05) is 52.6 Å². The molecular weight excluding hydrogens is 380 g/mol. The van der Waals surface area contributed by atoms with Crippen LogP contribution in [0, 0.1) is 11.8 Å². The molecule has 0 unspecified atom stereocenters. The van der Waals surface area contributed by atoms with Gasteiger partial charge in [-0.05, 0) is 39.5 Å². The Morgan fingerprint density at radius 3 is 1.34 bits per heavy atom. The second-order valence-corrected chi connectivity index (χ2v) is 7.31. The summed E-state index contributed by atoms with van der Waals surface area (Å²) in [6, 6.07) is 0. The lowest BCUT2D eigenvalue weighted by atomic mass is 9.97. The van der Waals surface area contributed by atoms with Crippen molar-refractivity contribution >= 4 is 23.8 Å². The van der Waals surface area contributed by atoms with E-state index in [0.29, 0.717) is 65.1 Å². The molecule has 0 aromatic rings. The quantitative estimate of drug-likeness (QED) is 0.538. The van der Waals surface area contributed by atoms with Crippen molar-refractivity contribution in [3.8, 4) is 0 Å². The van der Waals surface area contributed by atoms with Crippen LogP contribution < -0.4 is 0 Å². The molecule has 29 heavy (non-hydrogen) atoms. The average molecular weight is 412 g/mol. The predicted molar refractivity (Wildman–Crippen MR) is 103 cm³/mol. The molecule has 0 saturated carbocycles. The molecule has 2 aliphatic heterocycles. The van der Waals surface area contributed by atoms with E-state index in [1.54, 1.807) is 23.6 Å². The predicted octanol–water partition coefficient (Wildman–Crippen LogP) is 0.606. The lowest BCUT2D eigenvalue weighted by Crippen LogP contribution is -2.44. The second kappa shape index (κ2) is 11.7. The van der Waals surface area contributed by atoms with Crippen molar-refractivity contribution in [2.24, 2.45) is 11.8 Å². The molecule has 9 heteroatoms. The first-order chi connectivity index (χ1) is 14.0. The van der Waals surface area contributed by atoms with Crippen molar-refractivity contribution in [1.29, 1.82) is 0 Å². The van der Waals surface area contributed by atoms with Crippen molar-refractivity contribution in [3.63, 3.8) is 0 Å². The number of ether oxygens (including phenoxy) is 3. The lowest BCUT2D eigenvalue weighted by Gasteiger charge is -2.31. The van der Waals surface area contributed by atoms with Gasteiger partial charge in [0.15, 0.2) is 0 Å². The van der Waals surface area contributed by atoms with Crippen LogP contribution in [-0.4, -0.2) is 86.2 Å². The maximum Gasteiger partial charge on any atom is 0.309 e. The van der Waals surface area contributed by atoms with Gasteiger partial charge in [0.05, 0.1) is 25.0 Å². The van der Waals surface area contributed by atoms with Crippen molar-refractivity contribution < 1.29 is 33.4 Å². The normalized spacial score (nSPS) is 18.4. The Kier molecular flexibility index (Phi) is 9.37. The Morgan fingerprint density at radius 2 is 1.03 bits per heavy atom.